The van der Waals surface area contributed by atoms with Gasteiger partial charge < -0.3 is 10.2 Å². The molecule has 1 aromatic rings. The zero-order chi connectivity index (χ0) is 15.3. The lowest BCUT2D eigenvalue weighted by Crippen LogP contribution is -2.44. The largest absolute Gasteiger partial charge is 0.350 e. The maximum atomic E-state index is 13.8. The number of nitrogens with zero attached hydrogens (tertiary/aromatic N) is 3. The highest BCUT2D eigenvalue weighted by Crippen LogP contribution is 2.40. The van der Waals surface area contributed by atoms with Gasteiger partial charge in [0.1, 0.15) is 17.3 Å². The summed E-state index contributed by atoms with van der Waals surface area (Å²) in [4.78, 5) is 22.7. The number of fused-ring (bicyclic) bond motifs is 1. The molecule has 22 heavy (non-hydrogen) atoms. The highest BCUT2D eigenvalue weighted by molar-refractivity contribution is 5.96. The van der Waals surface area contributed by atoms with E-state index in [9.17, 15) is 13.6 Å². The molecule has 0 spiro atoms. The van der Waals surface area contributed by atoms with E-state index in [0.717, 1.165) is 18.4 Å². The molecule has 7 heteroatoms. The summed E-state index contributed by atoms with van der Waals surface area (Å²) in [5.41, 5.74) is 1.11. The van der Waals surface area contributed by atoms with Crippen molar-refractivity contribution in [1.29, 1.82) is 0 Å². The normalized spacial score (nSPS) is 23.9. The van der Waals surface area contributed by atoms with Crippen molar-refractivity contribution in [3.05, 3.63) is 17.1 Å². The monoisotopic (exact) mass is 308 g/mol. The fourth-order valence-corrected chi connectivity index (χ4v) is 3.22. The van der Waals surface area contributed by atoms with Crippen molar-refractivity contribution in [1.82, 2.24) is 15.3 Å². The molecule has 1 aliphatic carbocycles. The number of carbonyl (C=O) groups is 1. The van der Waals surface area contributed by atoms with Crippen LogP contribution in [-0.4, -0.2) is 41.4 Å². The molecule has 3 aliphatic rings. The van der Waals surface area contributed by atoms with Gasteiger partial charge in [0, 0.05) is 31.0 Å². The highest BCUT2D eigenvalue weighted by atomic mass is 19.3. The molecule has 0 radical (unpaired) electrons. The molecular weight excluding hydrogens is 290 g/mol. The Hall–Kier alpha value is -1.79. The first kappa shape index (κ1) is 13.8. The topological polar surface area (TPSA) is 58.1 Å². The van der Waals surface area contributed by atoms with Gasteiger partial charge in [-0.3, -0.25) is 4.79 Å². The summed E-state index contributed by atoms with van der Waals surface area (Å²) in [6.45, 7) is 0.752. The van der Waals surface area contributed by atoms with Crippen molar-refractivity contribution in [2.75, 3.05) is 24.5 Å². The fraction of sp³-hybridized carbons (Fsp3) is 0.667. The molecule has 0 aromatic carbocycles. The van der Waals surface area contributed by atoms with Gasteiger partial charge in [-0.25, -0.2) is 18.7 Å². The van der Waals surface area contributed by atoms with E-state index in [1.165, 1.54) is 0 Å². The zero-order valence-corrected chi connectivity index (χ0v) is 12.2. The quantitative estimate of drug-likeness (QED) is 0.906. The molecule has 1 saturated heterocycles. The summed E-state index contributed by atoms with van der Waals surface area (Å²) < 4.78 is 27.5. The van der Waals surface area contributed by atoms with Gasteiger partial charge in [-0.2, -0.15) is 0 Å². The Labute approximate surface area is 127 Å². The second kappa shape index (κ2) is 4.86. The Bertz CT molecular complexity index is 630. The third-order valence-electron chi connectivity index (χ3n) is 4.51. The summed E-state index contributed by atoms with van der Waals surface area (Å²) in [6.07, 6.45) is 2.99. The number of alkyl halides is 2. The summed E-state index contributed by atoms with van der Waals surface area (Å²) in [6, 6.07) is 0. The smallest absolute Gasteiger partial charge is 0.270 e. The van der Waals surface area contributed by atoms with Crippen molar-refractivity contribution < 1.29 is 13.6 Å². The number of piperidine rings is 1. The molecule has 0 bridgehead atoms. The molecule has 1 N–H and O–H groups in total. The van der Waals surface area contributed by atoms with Gasteiger partial charge in [-0.1, -0.05) is 0 Å². The van der Waals surface area contributed by atoms with E-state index < -0.39 is 5.92 Å². The fourth-order valence-electron chi connectivity index (χ4n) is 3.22. The van der Waals surface area contributed by atoms with Crippen LogP contribution in [0, 0.1) is 0 Å². The molecule has 4 rings (SSSR count). The average molecular weight is 308 g/mol. The molecule has 3 heterocycles. The van der Waals surface area contributed by atoms with Crippen LogP contribution >= 0.6 is 0 Å². The highest BCUT2D eigenvalue weighted by Gasteiger charge is 2.38. The van der Waals surface area contributed by atoms with Gasteiger partial charge in [0.2, 0.25) is 0 Å². The van der Waals surface area contributed by atoms with Crippen molar-refractivity contribution >= 4 is 11.7 Å². The zero-order valence-electron chi connectivity index (χ0n) is 12.2. The molecule has 2 fully saturated rings. The standard InChI is InChI=1S/C15H18F2N4O/c16-15(17)5-1-7-21(8-15)13-10-4-6-18-14(22)11(10)19-12(20-13)9-2-3-9/h9H,1-8H2,(H,18,22). The van der Waals surface area contributed by atoms with Crippen LogP contribution in [0.2, 0.25) is 0 Å². The van der Waals surface area contributed by atoms with Crippen molar-refractivity contribution in [3.8, 4) is 0 Å². The predicted octanol–water partition coefficient (Wildman–Crippen LogP) is 1.88. The molecule has 1 amide bonds. The second-order valence-electron chi connectivity index (χ2n) is 6.39. The van der Waals surface area contributed by atoms with E-state index >= 15 is 0 Å². The minimum absolute atomic E-state index is 0.0766. The van der Waals surface area contributed by atoms with Crippen LogP contribution in [-0.2, 0) is 6.42 Å². The Balaban J connectivity index is 1.78. The van der Waals surface area contributed by atoms with E-state index in [1.54, 1.807) is 4.90 Å². The number of hydrogen-bond acceptors (Lipinski definition) is 4. The third kappa shape index (κ3) is 2.42. The van der Waals surface area contributed by atoms with Crippen molar-refractivity contribution in [3.63, 3.8) is 0 Å². The van der Waals surface area contributed by atoms with Crippen LogP contribution < -0.4 is 10.2 Å². The predicted molar refractivity (Wildman–Crippen MR) is 76.4 cm³/mol. The number of hydrogen-bond donors (Lipinski definition) is 1. The van der Waals surface area contributed by atoms with Gasteiger partial charge in [0.05, 0.1) is 6.54 Å². The van der Waals surface area contributed by atoms with Crippen LogP contribution in [0.1, 0.15) is 53.5 Å². The lowest BCUT2D eigenvalue weighted by molar-refractivity contribution is -0.0119. The molecule has 0 unspecified atom stereocenters. The third-order valence-corrected chi connectivity index (χ3v) is 4.51. The van der Waals surface area contributed by atoms with Gasteiger partial charge >= 0.3 is 0 Å². The van der Waals surface area contributed by atoms with Gasteiger partial charge in [0.15, 0.2) is 0 Å². The Kier molecular flexibility index (Phi) is 3.06. The Morgan fingerprint density at radius 2 is 2.09 bits per heavy atom. The number of aromatic nitrogens is 2. The average Bonchev–Trinajstić information content (AvgIpc) is 3.30. The van der Waals surface area contributed by atoms with Crippen LogP contribution in [0.3, 0.4) is 0 Å². The maximum absolute atomic E-state index is 13.8. The first-order valence-corrected chi connectivity index (χ1v) is 7.85. The van der Waals surface area contributed by atoms with Crippen LogP contribution in [0.5, 0.6) is 0 Å². The molecule has 1 aromatic heterocycles. The first-order valence-electron chi connectivity index (χ1n) is 7.85. The number of nitrogens with one attached hydrogen (secondary N) is 1. The van der Waals surface area contributed by atoms with Crippen molar-refractivity contribution in [2.24, 2.45) is 0 Å². The second-order valence-corrected chi connectivity index (χ2v) is 6.39. The van der Waals surface area contributed by atoms with E-state index in [2.05, 4.69) is 15.3 Å². The number of rotatable bonds is 2. The first-order chi connectivity index (χ1) is 10.5. The molecular formula is C15H18F2N4O. The summed E-state index contributed by atoms with van der Waals surface area (Å²) >= 11 is 0. The summed E-state index contributed by atoms with van der Waals surface area (Å²) in [5, 5.41) is 2.78. The number of halogens is 2. The van der Waals surface area contributed by atoms with Crippen LogP contribution in [0.4, 0.5) is 14.6 Å². The van der Waals surface area contributed by atoms with Gasteiger partial charge in [0.25, 0.3) is 11.8 Å². The minimum Gasteiger partial charge on any atom is -0.350 e. The van der Waals surface area contributed by atoms with Crippen LogP contribution in [0.15, 0.2) is 0 Å². The molecule has 118 valence electrons. The number of anilines is 1. The van der Waals surface area contributed by atoms with Gasteiger partial charge in [-0.05, 0) is 25.7 Å². The summed E-state index contributed by atoms with van der Waals surface area (Å²) in [5.74, 6) is -1.42. The van der Waals surface area contributed by atoms with E-state index in [-0.39, 0.29) is 24.8 Å². The lowest BCUT2D eigenvalue weighted by atomic mass is 10.0. The lowest BCUT2D eigenvalue weighted by Gasteiger charge is -2.35. The number of carbonyl (C=O) groups excluding carboxylic acids is 1. The van der Waals surface area contributed by atoms with E-state index in [4.69, 9.17) is 0 Å². The van der Waals surface area contributed by atoms with E-state index in [1.807, 2.05) is 0 Å². The van der Waals surface area contributed by atoms with Gasteiger partial charge in [-0.15, -0.1) is 0 Å². The SMILES string of the molecule is O=C1NCCc2c1nc(C1CC1)nc2N1CCCC(F)(F)C1. The molecule has 0 atom stereocenters. The molecule has 2 aliphatic heterocycles. The number of amides is 1. The van der Waals surface area contributed by atoms with Crippen molar-refractivity contribution in [2.45, 2.75) is 43.9 Å². The Morgan fingerprint density at radius 1 is 1.27 bits per heavy atom. The maximum Gasteiger partial charge on any atom is 0.270 e. The molecule has 1 saturated carbocycles. The summed E-state index contributed by atoms with van der Waals surface area (Å²) in [7, 11) is 0. The Morgan fingerprint density at radius 3 is 2.82 bits per heavy atom. The van der Waals surface area contributed by atoms with E-state index in [0.29, 0.717) is 43.3 Å². The minimum atomic E-state index is -2.69. The van der Waals surface area contributed by atoms with Crippen LogP contribution in [0.25, 0.3) is 0 Å². The molecule has 5 nitrogen and oxygen atoms in total.